The van der Waals surface area contributed by atoms with Crippen LogP contribution in [-0.4, -0.2) is 36.3 Å². The third-order valence-electron chi connectivity index (χ3n) is 3.75. The molecule has 1 fully saturated rings. The summed E-state index contributed by atoms with van der Waals surface area (Å²) in [5.41, 5.74) is 0.853. The molecule has 0 bridgehead atoms. The molecule has 21 heavy (non-hydrogen) atoms. The van der Waals surface area contributed by atoms with Crippen LogP contribution >= 0.6 is 0 Å². The molecule has 1 saturated heterocycles. The number of rotatable bonds is 4. The lowest BCUT2D eigenvalue weighted by Gasteiger charge is -2.26. The van der Waals surface area contributed by atoms with Crippen molar-refractivity contribution in [1.29, 1.82) is 0 Å². The van der Waals surface area contributed by atoms with E-state index in [0.717, 1.165) is 25.9 Å². The van der Waals surface area contributed by atoms with Gasteiger partial charge in [0, 0.05) is 31.6 Å². The van der Waals surface area contributed by atoms with Crippen LogP contribution in [0.2, 0.25) is 0 Å². The molecule has 1 aromatic carbocycles. The fourth-order valence-electron chi connectivity index (χ4n) is 2.47. The van der Waals surface area contributed by atoms with Crippen molar-refractivity contribution < 1.29 is 14.0 Å². The first-order chi connectivity index (χ1) is 10.1. The van der Waals surface area contributed by atoms with Gasteiger partial charge in [-0.15, -0.1) is 0 Å². The van der Waals surface area contributed by atoms with Gasteiger partial charge in [-0.2, -0.15) is 0 Å². The van der Waals surface area contributed by atoms with Crippen molar-refractivity contribution >= 4 is 11.8 Å². The summed E-state index contributed by atoms with van der Waals surface area (Å²) in [6.45, 7) is 3.57. The highest BCUT2D eigenvalue weighted by Crippen LogP contribution is 2.10. The SMILES string of the molecule is Cc1cc(C(=O)NCCC(=O)N2CCCCC2)ccc1F. The van der Waals surface area contributed by atoms with Gasteiger partial charge < -0.3 is 10.2 Å². The van der Waals surface area contributed by atoms with E-state index in [-0.39, 0.29) is 17.6 Å². The highest BCUT2D eigenvalue weighted by molar-refractivity contribution is 5.94. The number of aryl methyl sites for hydroxylation is 1. The van der Waals surface area contributed by atoms with E-state index in [1.165, 1.54) is 24.6 Å². The van der Waals surface area contributed by atoms with Crippen molar-refractivity contribution in [3.05, 3.63) is 35.1 Å². The van der Waals surface area contributed by atoms with Gasteiger partial charge in [0.25, 0.3) is 5.91 Å². The van der Waals surface area contributed by atoms with Crippen LogP contribution in [0.1, 0.15) is 41.6 Å². The Bertz CT molecular complexity index is 525. The number of amides is 2. The molecule has 2 amide bonds. The standard InChI is InChI=1S/C16H21FN2O2/c1-12-11-13(5-6-14(12)17)16(21)18-8-7-15(20)19-9-3-2-4-10-19/h5-6,11H,2-4,7-10H2,1H3,(H,18,21). The molecule has 0 radical (unpaired) electrons. The third-order valence-corrected chi connectivity index (χ3v) is 3.75. The summed E-state index contributed by atoms with van der Waals surface area (Å²) in [4.78, 5) is 25.7. The van der Waals surface area contributed by atoms with Crippen LogP contribution in [0.25, 0.3) is 0 Å². The smallest absolute Gasteiger partial charge is 0.251 e. The first kappa shape index (κ1) is 15.5. The Morgan fingerprint density at radius 1 is 1.24 bits per heavy atom. The number of piperidine rings is 1. The van der Waals surface area contributed by atoms with Crippen molar-refractivity contribution in [2.45, 2.75) is 32.6 Å². The molecule has 0 spiro atoms. The average molecular weight is 292 g/mol. The van der Waals surface area contributed by atoms with E-state index in [0.29, 0.717) is 24.1 Å². The highest BCUT2D eigenvalue weighted by atomic mass is 19.1. The quantitative estimate of drug-likeness (QED) is 0.925. The number of likely N-dealkylation sites (tertiary alicyclic amines) is 1. The second-order valence-electron chi connectivity index (χ2n) is 5.41. The molecule has 5 heteroatoms. The number of carbonyl (C=O) groups is 2. The topological polar surface area (TPSA) is 49.4 Å². The minimum atomic E-state index is -0.327. The van der Waals surface area contributed by atoms with Crippen LogP contribution < -0.4 is 5.32 Å². The van der Waals surface area contributed by atoms with Crippen LogP contribution in [0.4, 0.5) is 4.39 Å². The Labute approximate surface area is 124 Å². The normalized spacial score (nSPS) is 14.9. The predicted molar refractivity (Wildman–Crippen MR) is 78.5 cm³/mol. The van der Waals surface area contributed by atoms with Crippen LogP contribution in [0.15, 0.2) is 18.2 Å². The summed E-state index contributed by atoms with van der Waals surface area (Å²) in [6.07, 6.45) is 3.62. The number of benzene rings is 1. The Kier molecular flexibility index (Phi) is 5.31. The molecule has 0 aromatic heterocycles. The van der Waals surface area contributed by atoms with Crippen molar-refractivity contribution in [2.24, 2.45) is 0 Å². The first-order valence-electron chi connectivity index (χ1n) is 7.40. The van der Waals surface area contributed by atoms with Crippen molar-refractivity contribution in [2.75, 3.05) is 19.6 Å². The van der Waals surface area contributed by atoms with Gasteiger partial charge in [-0.3, -0.25) is 9.59 Å². The second-order valence-corrected chi connectivity index (χ2v) is 5.41. The van der Waals surface area contributed by atoms with Gasteiger partial charge in [-0.05, 0) is 49.9 Å². The minimum absolute atomic E-state index is 0.0882. The molecule has 114 valence electrons. The lowest BCUT2D eigenvalue weighted by atomic mass is 10.1. The summed E-state index contributed by atoms with van der Waals surface area (Å²) < 4.78 is 13.1. The maximum atomic E-state index is 13.1. The van der Waals surface area contributed by atoms with Gasteiger partial charge in [0.15, 0.2) is 0 Å². The molecule has 1 aliphatic heterocycles. The van der Waals surface area contributed by atoms with E-state index < -0.39 is 0 Å². The van der Waals surface area contributed by atoms with Crippen molar-refractivity contribution in [3.8, 4) is 0 Å². The van der Waals surface area contributed by atoms with Gasteiger partial charge >= 0.3 is 0 Å². The molecule has 1 aliphatic rings. The van der Waals surface area contributed by atoms with Crippen LogP contribution in [0, 0.1) is 12.7 Å². The molecule has 1 aromatic rings. The van der Waals surface area contributed by atoms with E-state index in [9.17, 15) is 14.0 Å². The van der Waals surface area contributed by atoms with E-state index in [4.69, 9.17) is 0 Å². The number of hydrogen-bond donors (Lipinski definition) is 1. The number of nitrogens with one attached hydrogen (secondary N) is 1. The van der Waals surface area contributed by atoms with Crippen LogP contribution in [-0.2, 0) is 4.79 Å². The lowest BCUT2D eigenvalue weighted by Crippen LogP contribution is -2.37. The fraction of sp³-hybridized carbons (Fsp3) is 0.500. The summed E-state index contributed by atoms with van der Waals surface area (Å²) in [6, 6.07) is 4.24. The number of halogens is 1. The zero-order valence-electron chi connectivity index (χ0n) is 12.3. The zero-order valence-corrected chi connectivity index (χ0v) is 12.3. The van der Waals surface area contributed by atoms with Gasteiger partial charge in [0.05, 0.1) is 0 Å². The van der Waals surface area contributed by atoms with Crippen molar-refractivity contribution in [3.63, 3.8) is 0 Å². The number of carbonyl (C=O) groups excluding carboxylic acids is 2. The molecular formula is C16H21FN2O2. The minimum Gasteiger partial charge on any atom is -0.352 e. The molecule has 0 saturated carbocycles. The summed E-state index contributed by atoms with van der Waals surface area (Å²) in [7, 11) is 0. The third kappa shape index (κ3) is 4.28. The molecule has 1 heterocycles. The molecule has 1 N–H and O–H groups in total. The molecular weight excluding hydrogens is 271 g/mol. The van der Waals surface area contributed by atoms with Gasteiger partial charge in [0.1, 0.15) is 5.82 Å². The van der Waals surface area contributed by atoms with E-state index >= 15 is 0 Å². The molecule has 0 unspecified atom stereocenters. The maximum Gasteiger partial charge on any atom is 0.251 e. The summed E-state index contributed by atoms with van der Waals surface area (Å²) in [5, 5.41) is 2.71. The van der Waals surface area contributed by atoms with Crippen molar-refractivity contribution in [1.82, 2.24) is 10.2 Å². The Balaban J connectivity index is 1.78. The predicted octanol–water partition coefficient (Wildman–Crippen LogP) is 2.27. The second kappa shape index (κ2) is 7.20. The lowest BCUT2D eigenvalue weighted by molar-refractivity contribution is -0.131. The Morgan fingerprint density at radius 2 is 1.95 bits per heavy atom. The highest BCUT2D eigenvalue weighted by Gasteiger charge is 2.16. The number of hydrogen-bond acceptors (Lipinski definition) is 2. The zero-order chi connectivity index (χ0) is 15.2. The fourth-order valence-corrected chi connectivity index (χ4v) is 2.47. The molecule has 4 nitrogen and oxygen atoms in total. The maximum absolute atomic E-state index is 13.1. The summed E-state index contributed by atoms with van der Waals surface area (Å²) in [5.74, 6) is -0.512. The van der Waals surface area contributed by atoms with Gasteiger partial charge in [-0.1, -0.05) is 0 Å². The molecule has 2 rings (SSSR count). The van der Waals surface area contributed by atoms with E-state index in [1.807, 2.05) is 4.90 Å². The summed E-state index contributed by atoms with van der Waals surface area (Å²) >= 11 is 0. The van der Waals surface area contributed by atoms with Crippen LogP contribution in [0.5, 0.6) is 0 Å². The molecule has 0 aliphatic carbocycles. The van der Waals surface area contributed by atoms with E-state index in [2.05, 4.69) is 5.32 Å². The van der Waals surface area contributed by atoms with Gasteiger partial charge in [-0.25, -0.2) is 4.39 Å². The first-order valence-corrected chi connectivity index (χ1v) is 7.40. The van der Waals surface area contributed by atoms with E-state index in [1.54, 1.807) is 6.92 Å². The molecule has 0 atom stereocenters. The van der Waals surface area contributed by atoms with Crippen LogP contribution in [0.3, 0.4) is 0 Å². The average Bonchev–Trinajstić information content (AvgIpc) is 2.50. The van der Waals surface area contributed by atoms with Gasteiger partial charge in [0.2, 0.25) is 5.91 Å². The largest absolute Gasteiger partial charge is 0.352 e. The number of nitrogens with zero attached hydrogens (tertiary/aromatic N) is 1. The Morgan fingerprint density at radius 3 is 2.62 bits per heavy atom. The Hall–Kier alpha value is -1.91. The monoisotopic (exact) mass is 292 g/mol.